The van der Waals surface area contributed by atoms with Gasteiger partial charge in [0.1, 0.15) is 11.6 Å². The van der Waals surface area contributed by atoms with Crippen molar-refractivity contribution < 1.29 is 18.4 Å². The first kappa shape index (κ1) is 17.3. The molecule has 5 nitrogen and oxygen atoms in total. The highest BCUT2D eigenvalue weighted by atomic mass is 19.1. The van der Waals surface area contributed by atoms with Gasteiger partial charge in [0.05, 0.1) is 0 Å². The number of nitrogens with zero attached hydrogens (tertiary/aromatic N) is 1. The molecular weight excluding hydrogens is 316 g/mol. The SMILES string of the molecule is O=C(/C=C\c1c(F)cccc1F)NCCC(=O)Nc1ccncc1. The zero-order chi connectivity index (χ0) is 17.4. The number of carbonyl (C=O) groups excluding carboxylic acids is 2. The summed E-state index contributed by atoms with van der Waals surface area (Å²) >= 11 is 0. The molecule has 0 radical (unpaired) electrons. The molecule has 1 aromatic carbocycles. The average Bonchev–Trinajstić information content (AvgIpc) is 2.55. The Morgan fingerprint density at radius 1 is 1.08 bits per heavy atom. The average molecular weight is 331 g/mol. The first-order chi connectivity index (χ1) is 11.6. The minimum absolute atomic E-state index is 0.0654. The lowest BCUT2D eigenvalue weighted by Gasteiger charge is -2.05. The van der Waals surface area contributed by atoms with Crippen LogP contribution in [0.15, 0.2) is 48.8 Å². The van der Waals surface area contributed by atoms with E-state index in [2.05, 4.69) is 15.6 Å². The van der Waals surface area contributed by atoms with E-state index < -0.39 is 17.5 Å². The Labute approximate surface area is 137 Å². The van der Waals surface area contributed by atoms with Crippen LogP contribution in [0.4, 0.5) is 14.5 Å². The predicted molar refractivity (Wildman–Crippen MR) is 85.9 cm³/mol. The third kappa shape index (κ3) is 5.28. The van der Waals surface area contributed by atoms with E-state index in [1.807, 2.05) is 0 Å². The number of hydrogen-bond acceptors (Lipinski definition) is 3. The van der Waals surface area contributed by atoms with E-state index in [0.29, 0.717) is 5.69 Å². The molecule has 0 aliphatic carbocycles. The van der Waals surface area contributed by atoms with Crippen LogP contribution in [0.2, 0.25) is 0 Å². The zero-order valence-corrected chi connectivity index (χ0v) is 12.6. The molecule has 2 aromatic rings. The van der Waals surface area contributed by atoms with Crippen molar-refractivity contribution in [1.82, 2.24) is 10.3 Å². The molecule has 2 amide bonds. The Balaban J connectivity index is 1.77. The lowest BCUT2D eigenvalue weighted by molar-refractivity contribution is -0.117. The summed E-state index contributed by atoms with van der Waals surface area (Å²) in [5, 5.41) is 5.11. The minimum Gasteiger partial charge on any atom is -0.352 e. The standard InChI is InChI=1S/C17H15F2N3O2/c18-14-2-1-3-15(19)13(14)4-5-16(23)21-11-8-17(24)22-12-6-9-20-10-7-12/h1-7,9-10H,8,11H2,(H,21,23)(H,20,22,24)/b5-4-. The van der Waals surface area contributed by atoms with Gasteiger partial charge >= 0.3 is 0 Å². The van der Waals surface area contributed by atoms with Gasteiger partial charge in [0.2, 0.25) is 11.8 Å². The Hall–Kier alpha value is -3.09. The lowest BCUT2D eigenvalue weighted by Crippen LogP contribution is -2.26. The summed E-state index contributed by atoms with van der Waals surface area (Å²) < 4.78 is 26.8. The molecule has 0 bridgehead atoms. The third-order valence-electron chi connectivity index (χ3n) is 3.02. The van der Waals surface area contributed by atoms with Crippen molar-refractivity contribution in [3.05, 3.63) is 66.0 Å². The van der Waals surface area contributed by atoms with Gasteiger partial charge in [0, 0.05) is 42.7 Å². The van der Waals surface area contributed by atoms with Crippen molar-refractivity contribution in [3.8, 4) is 0 Å². The molecule has 0 unspecified atom stereocenters. The van der Waals surface area contributed by atoms with Gasteiger partial charge in [0.25, 0.3) is 0 Å². The van der Waals surface area contributed by atoms with Crippen LogP contribution < -0.4 is 10.6 Å². The van der Waals surface area contributed by atoms with Gasteiger partial charge in [-0.25, -0.2) is 8.78 Å². The van der Waals surface area contributed by atoms with Crippen LogP contribution in [0.3, 0.4) is 0 Å². The molecule has 0 aliphatic rings. The summed E-state index contributed by atoms with van der Waals surface area (Å²) in [6.45, 7) is 0.0971. The lowest BCUT2D eigenvalue weighted by atomic mass is 10.2. The minimum atomic E-state index is -0.754. The summed E-state index contributed by atoms with van der Waals surface area (Å²) in [5.74, 6) is -2.33. The van der Waals surface area contributed by atoms with Crippen molar-refractivity contribution in [2.24, 2.45) is 0 Å². The molecule has 0 atom stereocenters. The number of benzene rings is 1. The van der Waals surface area contributed by atoms with Crippen LogP contribution in [-0.2, 0) is 9.59 Å². The first-order valence-electron chi connectivity index (χ1n) is 7.16. The van der Waals surface area contributed by atoms with E-state index in [-0.39, 0.29) is 24.4 Å². The summed E-state index contributed by atoms with van der Waals surface area (Å²) in [4.78, 5) is 27.1. The summed E-state index contributed by atoms with van der Waals surface area (Å²) in [6, 6.07) is 6.72. The van der Waals surface area contributed by atoms with E-state index in [4.69, 9.17) is 0 Å². The number of carbonyl (C=O) groups is 2. The van der Waals surface area contributed by atoms with Crippen LogP contribution in [0.25, 0.3) is 6.08 Å². The quantitative estimate of drug-likeness (QED) is 0.799. The molecule has 2 rings (SSSR count). The fourth-order valence-electron chi connectivity index (χ4n) is 1.85. The molecule has 0 saturated carbocycles. The number of pyridine rings is 1. The third-order valence-corrected chi connectivity index (χ3v) is 3.02. The van der Waals surface area contributed by atoms with Gasteiger partial charge in [0.15, 0.2) is 0 Å². The van der Waals surface area contributed by atoms with E-state index in [1.165, 1.54) is 6.07 Å². The maximum absolute atomic E-state index is 13.4. The van der Waals surface area contributed by atoms with Gasteiger partial charge < -0.3 is 10.6 Å². The highest BCUT2D eigenvalue weighted by Gasteiger charge is 2.06. The van der Waals surface area contributed by atoms with Crippen LogP contribution in [0.1, 0.15) is 12.0 Å². The smallest absolute Gasteiger partial charge is 0.244 e. The molecule has 0 saturated heterocycles. The van der Waals surface area contributed by atoms with Gasteiger partial charge in [-0.15, -0.1) is 0 Å². The van der Waals surface area contributed by atoms with Crippen molar-refractivity contribution in [1.29, 1.82) is 0 Å². The molecule has 0 fully saturated rings. The van der Waals surface area contributed by atoms with Crippen LogP contribution in [-0.4, -0.2) is 23.3 Å². The molecule has 0 aliphatic heterocycles. The van der Waals surface area contributed by atoms with Gasteiger partial charge in [-0.2, -0.15) is 0 Å². The van der Waals surface area contributed by atoms with Gasteiger partial charge in [-0.3, -0.25) is 14.6 Å². The maximum Gasteiger partial charge on any atom is 0.244 e. The summed E-state index contributed by atoms with van der Waals surface area (Å²) in [5.41, 5.74) is 0.319. The Morgan fingerprint density at radius 2 is 1.75 bits per heavy atom. The molecule has 124 valence electrons. The van der Waals surface area contributed by atoms with Gasteiger partial charge in [-0.05, 0) is 30.3 Å². The van der Waals surface area contributed by atoms with E-state index >= 15 is 0 Å². The van der Waals surface area contributed by atoms with Gasteiger partial charge in [-0.1, -0.05) is 6.07 Å². The number of amides is 2. The van der Waals surface area contributed by atoms with E-state index in [1.54, 1.807) is 24.5 Å². The molecule has 2 N–H and O–H groups in total. The number of hydrogen-bond donors (Lipinski definition) is 2. The van der Waals surface area contributed by atoms with Crippen molar-refractivity contribution in [2.75, 3.05) is 11.9 Å². The fraction of sp³-hybridized carbons (Fsp3) is 0.118. The molecule has 0 spiro atoms. The van der Waals surface area contributed by atoms with Crippen LogP contribution in [0, 0.1) is 11.6 Å². The van der Waals surface area contributed by atoms with Crippen molar-refractivity contribution in [3.63, 3.8) is 0 Å². The Morgan fingerprint density at radius 3 is 2.42 bits per heavy atom. The van der Waals surface area contributed by atoms with E-state index in [0.717, 1.165) is 24.3 Å². The summed E-state index contributed by atoms with van der Waals surface area (Å²) in [6.07, 6.45) is 5.23. The number of rotatable bonds is 6. The molecule has 7 heteroatoms. The Kier molecular flexibility index (Phi) is 6.13. The van der Waals surface area contributed by atoms with E-state index in [9.17, 15) is 18.4 Å². The number of anilines is 1. The zero-order valence-electron chi connectivity index (χ0n) is 12.6. The van der Waals surface area contributed by atoms with Crippen LogP contribution >= 0.6 is 0 Å². The normalized spacial score (nSPS) is 10.6. The fourth-order valence-corrected chi connectivity index (χ4v) is 1.85. The molecular formula is C17H15F2N3O2. The highest BCUT2D eigenvalue weighted by Crippen LogP contribution is 2.13. The van der Waals surface area contributed by atoms with Crippen molar-refractivity contribution in [2.45, 2.75) is 6.42 Å². The summed E-state index contributed by atoms with van der Waals surface area (Å²) in [7, 11) is 0. The topological polar surface area (TPSA) is 71.1 Å². The number of aromatic nitrogens is 1. The van der Waals surface area contributed by atoms with Crippen molar-refractivity contribution >= 4 is 23.6 Å². The highest BCUT2D eigenvalue weighted by molar-refractivity contribution is 5.93. The largest absolute Gasteiger partial charge is 0.352 e. The number of halogens is 2. The second-order valence-electron chi connectivity index (χ2n) is 4.79. The Bertz CT molecular complexity index is 729. The first-order valence-corrected chi connectivity index (χ1v) is 7.16. The molecule has 24 heavy (non-hydrogen) atoms. The molecule has 1 aromatic heterocycles. The monoisotopic (exact) mass is 331 g/mol. The second-order valence-corrected chi connectivity index (χ2v) is 4.79. The maximum atomic E-state index is 13.4. The molecule has 1 heterocycles. The van der Waals surface area contributed by atoms with Crippen LogP contribution in [0.5, 0.6) is 0 Å². The second kappa shape index (κ2) is 8.52. The predicted octanol–water partition coefficient (Wildman–Crippen LogP) is 2.52. The number of nitrogens with one attached hydrogen (secondary N) is 2.